The lowest BCUT2D eigenvalue weighted by molar-refractivity contribution is -0.385. The van der Waals surface area contributed by atoms with Crippen LogP contribution in [0.2, 0.25) is 5.02 Å². The molecule has 21 heavy (non-hydrogen) atoms. The minimum Gasteiger partial charge on any atom is -0.480 e. The molecule has 1 aromatic rings. The van der Waals surface area contributed by atoms with Gasteiger partial charge in [-0.2, -0.15) is 0 Å². The Labute approximate surface area is 124 Å². The lowest BCUT2D eigenvalue weighted by atomic mass is 10.1. The molecule has 8 nitrogen and oxygen atoms in total. The third-order valence-corrected chi connectivity index (χ3v) is 2.94. The van der Waals surface area contributed by atoms with E-state index >= 15 is 0 Å². The molecule has 0 heterocycles. The molecule has 0 saturated carbocycles. The highest BCUT2D eigenvalue weighted by molar-refractivity contribution is 6.34. The Balaban J connectivity index is 3.02. The summed E-state index contributed by atoms with van der Waals surface area (Å²) in [6.45, 7) is 0.113. The van der Waals surface area contributed by atoms with E-state index in [0.717, 1.165) is 6.07 Å². The molecular weight excluding hydrogens is 304 g/mol. The minimum atomic E-state index is -1.27. The average Bonchev–Trinajstić information content (AvgIpc) is 2.42. The zero-order valence-electron chi connectivity index (χ0n) is 11.0. The Morgan fingerprint density at radius 2 is 2.19 bits per heavy atom. The summed E-state index contributed by atoms with van der Waals surface area (Å²) in [6, 6.07) is 2.53. The first kappa shape index (κ1) is 16.9. The maximum absolute atomic E-state index is 12.1. The van der Waals surface area contributed by atoms with Gasteiger partial charge in [0, 0.05) is 26.2 Å². The Hall–Kier alpha value is -2.19. The summed E-state index contributed by atoms with van der Waals surface area (Å²) < 4.78 is 4.75. The van der Waals surface area contributed by atoms with Gasteiger partial charge < -0.3 is 15.2 Å². The van der Waals surface area contributed by atoms with Crippen molar-refractivity contribution in [3.63, 3.8) is 0 Å². The van der Waals surface area contributed by atoms with Crippen LogP contribution in [0.3, 0.4) is 0 Å². The molecule has 114 valence electrons. The molecule has 0 aliphatic heterocycles. The van der Waals surface area contributed by atoms with Gasteiger partial charge in [-0.15, -0.1) is 0 Å². The molecule has 0 aromatic heterocycles. The monoisotopic (exact) mass is 316 g/mol. The molecule has 1 unspecified atom stereocenters. The number of ether oxygens (including phenoxy) is 1. The zero-order chi connectivity index (χ0) is 16.0. The number of benzene rings is 1. The second-order valence-electron chi connectivity index (χ2n) is 4.04. The molecule has 1 rings (SSSR count). The Bertz CT molecular complexity index is 563. The van der Waals surface area contributed by atoms with Crippen molar-refractivity contribution in [2.45, 2.75) is 12.5 Å². The number of carbonyl (C=O) groups is 2. The molecule has 0 bridgehead atoms. The van der Waals surface area contributed by atoms with Gasteiger partial charge in [0.15, 0.2) is 0 Å². The molecule has 0 radical (unpaired) electrons. The molecular formula is C12H13ClN2O6. The van der Waals surface area contributed by atoms with Crippen molar-refractivity contribution in [3.05, 3.63) is 38.9 Å². The van der Waals surface area contributed by atoms with Crippen molar-refractivity contribution in [3.8, 4) is 0 Å². The number of nitrogens with one attached hydrogen (secondary N) is 1. The maximum Gasteiger partial charge on any atom is 0.326 e. The van der Waals surface area contributed by atoms with Crippen molar-refractivity contribution in [2.24, 2.45) is 0 Å². The summed E-state index contributed by atoms with van der Waals surface area (Å²) >= 11 is 5.80. The van der Waals surface area contributed by atoms with E-state index in [1.165, 1.54) is 19.2 Å². The van der Waals surface area contributed by atoms with E-state index in [2.05, 4.69) is 5.32 Å². The van der Waals surface area contributed by atoms with Gasteiger partial charge >= 0.3 is 5.97 Å². The topological polar surface area (TPSA) is 119 Å². The normalized spacial score (nSPS) is 11.7. The van der Waals surface area contributed by atoms with E-state index in [-0.39, 0.29) is 23.6 Å². The first-order valence-electron chi connectivity index (χ1n) is 5.84. The number of halogens is 1. The van der Waals surface area contributed by atoms with E-state index in [1.54, 1.807) is 0 Å². The largest absolute Gasteiger partial charge is 0.480 e. The second kappa shape index (κ2) is 7.55. The highest BCUT2D eigenvalue weighted by atomic mass is 35.5. The maximum atomic E-state index is 12.1. The predicted octanol–water partition coefficient (Wildman–Crippen LogP) is 1.47. The highest BCUT2D eigenvalue weighted by Gasteiger charge is 2.27. The van der Waals surface area contributed by atoms with Gasteiger partial charge in [-0.1, -0.05) is 17.7 Å². The van der Waals surface area contributed by atoms with Crippen molar-refractivity contribution in [1.29, 1.82) is 0 Å². The SMILES string of the molecule is COCCC(NC(=O)c1c(Cl)cccc1[N+](=O)[O-])C(=O)O. The zero-order valence-corrected chi connectivity index (χ0v) is 11.8. The Kier molecular flexibility index (Phi) is 6.07. The molecule has 0 saturated heterocycles. The van der Waals surface area contributed by atoms with Gasteiger partial charge in [0.25, 0.3) is 11.6 Å². The number of hydrogen-bond donors (Lipinski definition) is 2. The van der Waals surface area contributed by atoms with Crippen LogP contribution < -0.4 is 5.32 Å². The first-order chi connectivity index (χ1) is 9.88. The fourth-order valence-corrected chi connectivity index (χ4v) is 1.87. The first-order valence-corrected chi connectivity index (χ1v) is 6.21. The summed E-state index contributed by atoms with van der Waals surface area (Å²) in [5.74, 6) is -2.19. The van der Waals surface area contributed by atoms with E-state index in [9.17, 15) is 19.7 Å². The molecule has 0 aliphatic carbocycles. The number of hydrogen-bond acceptors (Lipinski definition) is 5. The summed E-state index contributed by atoms with van der Waals surface area (Å²) in [5, 5.41) is 22.0. The second-order valence-corrected chi connectivity index (χ2v) is 4.44. The highest BCUT2D eigenvalue weighted by Crippen LogP contribution is 2.26. The molecule has 0 aliphatic rings. The van der Waals surface area contributed by atoms with Crippen LogP contribution in [0.1, 0.15) is 16.8 Å². The molecule has 2 N–H and O–H groups in total. The fourth-order valence-electron chi connectivity index (χ4n) is 1.61. The third-order valence-electron chi connectivity index (χ3n) is 2.63. The molecule has 1 amide bonds. The smallest absolute Gasteiger partial charge is 0.326 e. The van der Waals surface area contributed by atoms with Gasteiger partial charge in [0.2, 0.25) is 0 Å². The third kappa shape index (κ3) is 4.40. The average molecular weight is 317 g/mol. The number of aliphatic carboxylic acids is 1. The van der Waals surface area contributed by atoms with Crippen molar-refractivity contribution >= 4 is 29.2 Å². The van der Waals surface area contributed by atoms with Gasteiger partial charge in [-0.3, -0.25) is 14.9 Å². The van der Waals surface area contributed by atoms with E-state index < -0.39 is 28.5 Å². The number of methoxy groups -OCH3 is 1. The van der Waals surface area contributed by atoms with Gasteiger partial charge in [-0.05, 0) is 6.07 Å². The summed E-state index contributed by atoms with van der Waals surface area (Å²) in [7, 11) is 1.39. The minimum absolute atomic E-state index is 0.0236. The van der Waals surface area contributed by atoms with Gasteiger partial charge in [0.1, 0.15) is 11.6 Å². The van der Waals surface area contributed by atoms with Crippen LogP contribution in [0, 0.1) is 10.1 Å². The molecule has 1 atom stereocenters. The van der Waals surface area contributed by atoms with E-state index in [4.69, 9.17) is 21.4 Å². The lowest BCUT2D eigenvalue weighted by Crippen LogP contribution is -2.41. The van der Waals surface area contributed by atoms with Crippen LogP contribution in [0.25, 0.3) is 0 Å². The Morgan fingerprint density at radius 1 is 1.52 bits per heavy atom. The number of carboxylic acid groups (broad SMARTS) is 1. The number of nitro groups is 1. The van der Waals surface area contributed by atoms with Crippen LogP contribution in [-0.2, 0) is 9.53 Å². The quantitative estimate of drug-likeness (QED) is 0.580. The van der Waals surface area contributed by atoms with E-state index in [1.807, 2.05) is 0 Å². The lowest BCUT2D eigenvalue weighted by Gasteiger charge is -2.14. The molecule has 9 heteroatoms. The number of carbonyl (C=O) groups excluding carboxylic acids is 1. The summed E-state index contributed by atoms with van der Waals surface area (Å²) in [6.07, 6.45) is 0.0236. The number of amides is 1. The van der Waals surface area contributed by atoms with Crippen molar-refractivity contribution < 1.29 is 24.4 Å². The van der Waals surface area contributed by atoms with Crippen LogP contribution in [-0.4, -0.2) is 41.7 Å². The van der Waals surface area contributed by atoms with Crippen LogP contribution in [0.4, 0.5) is 5.69 Å². The van der Waals surface area contributed by atoms with Gasteiger partial charge in [-0.25, -0.2) is 4.79 Å². The number of nitrogens with zero attached hydrogens (tertiary/aromatic N) is 1. The van der Waals surface area contributed by atoms with Crippen LogP contribution >= 0.6 is 11.6 Å². The van der Waals surface area contributed by atoms with Crippen molar-refractivity contribution in [1.82, 2.24) is 5.32 Å². The van der Waals surface area contributed by atoms with Gasteiger partial charge in [0.05, 0.1) is 9.95 Å². The summed E-state index contributed by atoms with van der Waals surface area (Å²) in [4.78, 5) is 33.2. The molecule has 0 fully saturated rings. The number of nitro benzene ring substituents is 1. The fraction of sp³-hybridized carbons (Fsp3) is 0.333. The summed E-state index contributed by atoms with van der Waals surface area (Å²) in [5.41, 5.74) is -0.858. The van der Waals surface area contributed by atoms with Crippen LogP contribution in [0.5, 0.6) is 0 Å². The standard InChI is InChI=1S/C12H13ClN2O6/c1-21-6-5-8(12(17)18)14-11(16)10-7(13)3-2-4-9(10)15(19)20/h2-4,8H,5-6H2,1H3,(H,14,16)(H,17,18). The van der Waals surface area contributed by atoms with Crippen molar-refractivity contribution in [2.75, 3.05) is 13.7 Å². The van der Waals surface area contributed by atoms with Crippen LogP contribution in [0.15, 0.2) is 18.2 Å². The molecule has 0 spiro atoms. The van der Waals surface area contributed by atoms with E-state index in [0.29, 0.717) is 0 Å². The molecule has 1 aromatic carbocycles. The Morgan fingerprint density at radius 3 is 2.71 bits per heavy atom. The number of carboxylic acids is 1. The predicted molar refractivity (Wildman–Crippen MR) is 73.5 cm³/mol. The number of rotatable bonds is 7.